The van der Waals surface area contributed by atoms with Crippen LogP contribution in [0.5, 0.6) is 0 Å². The van der Waals surface area contributed by atoms with Crippen molar-refractivity contribution in [1.29, 1.82) is 0 Å². The van der Waals surface area contributed by atoms with Crippen molar-refractivity contribution in [3.05, 3.63) is 65.2 Å². The normalized spacial score (nSPS) is 11.4. The molecule has 0 aromatic heterocycles. The molecule has 0 spiro atoms. The molecular weight excluding hydrogens is 277 g/mol. The third kappa shape index (κ3) is 3.26. The van der Waals surface area contributed by atoms with Crippen molar-refractivity contribution in [1.82, 2.24) is 0 Å². The number of benzene rings is 2. The highest BCUT2D eigenvalue weighted by Crippen LogP contribution is 2.33. The van der Waals surface area contributed by atoms with Crippen LogP contribution in [0, 0.1) is 11.6 Å². The second-order valence-corrected chi connectivity index (χ2v) is 4.14. The van der Waals surface area contributed by atoms with Crippen molar-refractivity contribution >= 4 is 5.69 Å². The molecule has 0 amide bonds. The van der Waals surface area contributed by atoms with Crippen LogP contribution >= 0.6 is 0 Å². The summed E-state index contributed by atoms with van der Waals surface area (Å²) in [5.41, 5.74) is -0.969. The van der Waals surface area contributed by atoms with Gasteiger partial charge in [-0.05, 0) is 24.3 Å². The van der Waals surface area contributed by atoms with Gasteiger partial charge in [0.15, 0.2) is 0 Å². The first-order valence-electron chi connectivity index (χ1n) is 5.72. The number of halogens is 5. The van der Waals surface area contributed by atoms with E-state index >= 15 is 0 Å². The quantitative estimate of drug-likeness (QED) is 0.814. The van der Waals surface area contributed by atoms with E-state index in [2.05, 4.69) is 5.32 Å². The van der Waals surface area contributed by atoms with Crippen molar-refractivity contribution < 1.29 is 22.0 Å². The number of anilines is 1. The summed E-state index contributed by atoms with van der Waals surface area (Å²) in [7, 11) is 0. The number of nitrogens with one attached hydrogen (secondary N) is 1. The Balaban J connectivity index is 2.17. The third-order valence-corrected chi connectivity index (χ3v) is 2.71. The zero-order chi connectivity index (χ0) is 14.8. The molecular formula is C14H10F5N. The predicted octanol–water partition coefficient (Wildman–Crippen LogP) is 4.60. The van der Waals surface area contributed by atoms with Crippen LogP contribution in [0.1, 0.15) is 11.1 Å². The molecule has 0 saturated carbocycles. The molecule has 1 N–H and O–H groups in total. The van der Waals surface area contributed by atoms with E-state index in [1.54, 1.807) is 6.07 Å². The maximum absolute atomic E-state index is 13.3. The van der Waals surface area contributed by atoms with Crippen LogP contribution in [0.15, 0.2) is 42.5 Å². The Kier molecular flexibility index (Phi) is 3.92. The third-order valence-electron chi connectivity index (χ3n) is 2.71. The molecule has 2 rings (SSSR count). The molecule has 2 aromatic carbocycles. The van der Waals surface area contributed by atoms with Gasteiger partial charge in [-0.3, -0.25) is 0 Å². The Morgan fingerprint density at radius 2 is 1.60 bits per heavy atom. The van der Waals surface area contributed by atoms with Crippen LogP contribution < -0.4 is 5.32 Å². The van der Waals surface area contributed by atoms with Gasteiger partial charge in [0.25, 0.3) is 0 Å². The van der Waals surface area contributed by atoms with E-state index in [9.17, 15) is 22.0 Å². The Hall–Kier alpha value is -2.11. The highest BCUT2D eigenvalue weighted by molar-refractivity contribution is 5.47. The first-order valence-corrected chi connectivity index (χ1v) is 5.72. The lowest BCUT2D eigenvalue weighted by molar-refractivity contribution is -0.139. The Morgan fingerprint density at radius 3 is 2.25 bits per heavy atom. The summed E-state index contributed by atoms with van der Waals surface area (Å²) in [5, 5.41) is 2.63. The largest absolute Gasteiger partial charge is 0.419 e. The van der Waals surface area contributed by atoms with Crippen molar-refractivity contribution in [3.63, 3.8) is 0 Å². The molecule has 0 atom stereocenters. The summed E-state index contributed by atoms with van der Waals surface area (Å²) in [6.07, 6.45) is -4.76. The van der Waals surface area contributed by atoms with E-state index < -0.39 is 23.4 Å². The topological polar surface area (TPSA) is 12.0 Å². The van der Waals surface area contributed by atoms with Crippen molar-refractivity contribution in [2.45, 2.75) is 12.7 Å². The van der Waals surface area contributed by atoms with Crippen molar-refractivity contribution in [2.75, 3.05) is 5.32 Å². The summed E-state index contributed by atoms with van der Waals surface area (Å²) >= 11 is 0. The van der Waals surface area contributed by atoms with Crippen molar-refractivity contribution in [3.8, 4) is 0 Å². The first-order chi connectivity index (χ1) is 9.38. The standard InChI is InChI=1S/C14H10F5N/c15-12-4-2-1-3-9(12)8-20-10-5-6-13(16)11(7-10)14(17,18)19/h1-7,20H,8H2. The van der Waals surface area contributed by atoms with Gasteiger partial charge in [-0.25, -0.2) is 8.78 Å². The van der Waals surface area contributed by atoms with Gasteiger partial charge in [-0.1, -0.05) is 18.2 Å². The zero-order valence-corrected chi connectivity index (χ0v) is 10.1. The van der Waals surface area contributed by atoms with Crippen LogP contribution in [0.3, 0.4) is 0 Å². The summed E-state index contributed by atoms with van der Waals surface area (Å²) < 4.78 is 64.0. The monoisotopic (exact) mass is 287 g/mol. The minimum absolute atomic E-state index is 0.00953. The van der Waals surface area contributed by atoms with Gasteiger partial charge in [-0.15, -0.1) is 0 Å². The second-order valence-electron chi connectivity index (χ2n) is 4.14. The molecule has 106 valence electrons. The average Bonchev–Trinajstić information content (AvgIpc) is 2.38. The lowest BCUT2D eigenvalue weighted by Crippen LogP contribution is -2.09. The molecule has 0 aliphatic rings. The molecule has 20 heavy (non-hydrogen) atoms. The number of rotatable bonds is 3. The first kappa shape index (κ1) is 14.3. The number of hydrogen-bond donors (Lipinski definition) is 1. The molecule has 0 fully saturated rings. The van der Waals surface area contributed by atoms with Crippen LogP contribution in [0.4, 0.5) is 27.6 Å². The van der Waals surface area contributed by atoms with Gasteiger partial charge in [-0.2, -0.15) is 13.2 Å². The minimum Gasteiger partial charge on any atom is -0.381 e. The fourth-order valence-electron chi connectivity index (χ4n) is 1.69. The number of hydrogen-bond acceptors (Lipinski definition) is 1. The summed E-state index contributed by atoms with van der Waals surface area (Å²) in [5.74, 6) is -1.80. The lowest BCUT2D eigenvalue weighted by atomic mass is 10.1. The maximum Gasteiger partial charge on any atom is 0.419 e. The van der Waals surface area contributed by atoms with Crippen LogP contribution in [-0.2, 0) is 12.7 Å². The fourth-order valence-corrected chi connectivity index (χ4v) is 1.69. The van der Waals surface area contributed by atoms with Gasteiger partial charge >= 0.3 is 6.18 Å². The Labute approximate surface area is 112 Å². The molecule has 0 heterocycles. The molecule has 0 bridgehead atoms. The Morgan fingerprint density at radius 1 is 0.900 bits per heavy atom. The molecule has 1 nitrogen and oxygen atoms in total. The van der Waals surface area contributed by atoms with Crippen LogP contribution in [-0.4, -0.2) is 0 Å². The van der Waals surface area contributed by atoms with E-state index in [0.717, 1.165) is 6.07 Å². The highest BCUT2D eigenvalue weighted by Gasteiger charge is 2.34. The van der Waals surface area contributed by atoms with E-state index in [4.69, 9.17) is 0 Å². The molecule has 0 radical (unpaired) electrons. The molecule has 0 aliphatic carbocycles. The highest BCUT2D eigenvalue weighted by atomic mass is 19.4. The van der Waals surface area contributed by atoms with Gasteiger partial charge < -0.3 is 5.32 Å². The summed E-state index contributed by atoms with van der Waals surface area (Å²) in [6, 6.07) is 8.46. The maximum atomic E-state index is 13.3. The van der Waals surface area contributed by atoms with E-state index in [1.807, 2.05) is 0 Å². The summed E-state index contributed by atoms with van der Waals surface area (Å²) in [6.45, 7) is 0.00953. The van der Waals surface area contributed by atoms with Gasteiger partial charge in [0.05, 0.1) is 5.56 Å². The minimum atomic E-state index is -4.76. The smallest absolute Gasteiger partial charge is 0.381 e. The summed E-state index contributed by atoms with van der Waals surface area (Å²) in [4.78, 5) is 0. The average molecular weight is 287 g/mol. The SMILES string of the molecule is Fc1ccccc1CNc1ccc(F)c(C(F)(F)F)c1. The molecule has 0 saturated heterocycles. The number of alkyl halides is 3. The van der Waals surface area contributed by atoms with Crippen LogP contribution in [0.25, 0.3) is 0 Å². The van der Waals surface area contributed by atoms with Gasteiger partial charge in [0.2, 0.25) is 0 Å². The van der Waals surface area contributed by atoms with E-state index in [-0.39, 0.29) is 12.2 Å². The molecule has 2 aromatic rings. The Bertz CT molecular complexity index is 607. The van der Waals surface area contributed by atoms with E-state index in [0.29, 0.717) is 11.6 Å². The van der Waals surface area contributed by atoms with Crippen LogP contribution in [0.2, 0.25) is 0 Å². The lowest BCUT2D eigenvalue weighted by Gasteiger charge is -2.12. The molecule has 0 aliphatic heterocycles. The fraction of sp³-hybridized carbons (Fsp3) is 0.143. The van der Waals surface area contributed by atoms with E-state index in [1.165, 1.54) is 24.3 Å². The zero-order valence-electron chi connectivity index (χ0n) is 10.1. The molecule has 6 heteroatoms. The predicted molar refractivity (Wildman–Crippen MR) is 65.1 cm³/mol. The second kappa shape index (κ2) is 5.48. The van der Waals surface area contributed by atoms with Gasteiger partial charge in [0, 0.05) is 17.8 Å². The van der Waals surface area contributed by atoms with Crippen molar-refractivity contribution in [2.24, 2.45) is 0 Å². The van der Waals surface area contributed by atoms with Gasteiger partial charge in [0.1, 0.15) is 11.6 Å². The molecule has 0 unspecified atom stereocenters.